The zero-order valence-electron chi connectivity index (χ0n) is 14.5. The van der Waals surface area contributed by atoms with Crippen LogP contribution in [0.25, 0.3) is 11.3 Å². The van der Waals surface area contributed by atoms with Crippen LogP contribution < -0.4 is 16.4 Å². The van der Waals surface area contributed by atoms with Gasteiger partial charge in [-0.2, -0.15) is 0 Å². The Morgan fingerprint density at radius 2 is 1.74 bits per heavy atom. The van der Waals surface area contributed by atoms with E-state index in [1.54, 1.807) is 6.07 Å². The Hall–Kier alpha value is -3.44. The fraction of sp³-hybridized carbons (Fsp3) is 0.0455. The average Bonchev–Trinajstić information content (AvgIpc) is 3.02. The molecule has 134 valence electrons. The van der Waals surface area contributed by atoms with Gasteiger partial charge in [0.2, 0.25) is 0 Å². The lowest BCUT2D eigenvalue weighted by Gasteiger charge is -2.15. The summed E-state index contributed by atoms with van der Waals surface area (Å²) in [5, 5.41) is 6.11. The lowest BCUT2D eigenvalue weighted by Crippen LogP contribution is -2.10. The number of anilines is 2. The summed E-state index contributed by atoms with van der Waals surface area (Å²) in [5.41, 5.74) is 10.7. The maximum Gasteiger partial charge on any atom is 0.258 e. The highest BCUT2D eigenvalue weighted by molar-refractivity contribution is 6.37. The van der Waals surface area contributed by atoms with Crippen molar-refractivity contribution in [2.45, 2.75) is 6.54 Å². The number of halogens is 1. The van der Waals surface area contributed by atoms with E-state index in [0.717, 1.165) is 16.8 Å². The minimum Gasteiger partial charge on any atom is -0.354 e. The smallest absolute Gasteiger partial charge is 0.258 e. The number of nitrogens with one attached hydrogen (secondary N) is 2. The van der Waals surface area contributed by atoms with Crippen molar-refractivity contribution >= 4 is 28.6 Å². The molecule has 5 heteroatoms. The Balaban J connectivity index is 1.86. The second-order valence-electron chi connectivity index (χ2n) is 6.29. The van der Waals surface area contributed by atoms with Gasteiger partial charge in [0.05, 0.1) is 17.0 Å². The molecule has 0 bridgehead atoms. The van der Waals surface area contributed by atoms with Gasteiger partial charge in [0.15, 0.2) is 0 Å². The van der Waals surface area contributed by atoms with Gasteiger partial charge in [-0.05, 0) is 41.5 Å². The molecule has 0 aliphatic carbocycles. The molecule has 27 heavy (non-hydrogen) atoms. The number of rotatable bonds is 4. The Morgan fingerprint density at radius 3 is 2.44 bits per heavy atom. The van der Waals surface area contributed by atoms with E-state index < -0.39 is 0 Å². The molecule has 4 N–H and O–H groups in total. The number of fused-ring (bicyclic) bond motifs is 1. The third-order valence-electron chi connectivity index (χ3n) is 4.50. The van der Waals surface area contributed by atoms with Crippen molar-refractivity contribution in [1.29, 1.82) is 0 Å². The predicted octanol–water partition coefficient (Wildman–Crippen LogP) is 4.22. The molecule has 1 heterocycles. The summed E-state index contributed by atoms with van der Waals surface area (Å²) in [6.07, 6.45) is 0. The van der Waals surface area contributed by atoms with Gasteiger partial charge in [0.25, 0.3) is 5.91 Å². The number of carbonyl (C=O) groups excluding carboxylic acids is 1. The molecule has 0 aromatic heterocycles. The second-order valence-corrected chi connectivity index (χ2v) is 6.29. The first-order chi connectivity index (χ1) is 13.2. The summed E-state index contributed by atoms with van der Waals surface area (Å²) in [5.74, 6) is -0.651. The first-order valence-electron chi connectivity index (χ1n) is 8.62. The summed E-state index contributed by atoms with van der Waals surface area (Å²) in [4.78, 5) is 12.7. The topological polar surface area (TPSA) is 67.1 Å². The Bertz CT molecular complexity index is 1030. The number of nitrogens with two attached hydrogens (primary N) is 1. The van der Waals surface area contributed by atoms with Crippen molar-refractivity contribution in [3.8, 4) is 0 Å². The average molecular weight is 359 g/mol. The van der Waals surface area contributed by atoms with E-state index in [9.17, 15) is 9.18 Å². The summed E-state index contributed by atoms with van der Waals surface area (Å²) in [7, 11) is 0. The number of benzene rings is 3. The van der Waals surface area contributed by atoms with E-state index in [2.05, 4.69) is 10.6 Å². The summed E-state index contributed by atoms with van der Waals surface area (Å²) >= 11 is 0. The summed E-state index contributed by atoms with van der Waals surface area (Å²) < 4.78 is 13.6. The molecule has 1 amide bonds. The Labute approximate surface area is 156 Å². The Morgan fingerprint density at radius 1 is 1.00 bits per heavy atom. The van der Waals surface area contributed by atoms with Crippen molar-refractivity contribution in [2.75, 3.05) is 10.6 Å². The fourth-order valence-electron chi connectivity index (χ4n) is 3.15. The van der Waals surface area contributed by atoms with Crippen LogP contribution in [0.1, 0.15) is 16.7 Å². The van der Waals surface area contributed by atoms with E-state index in [1.165, 1.54) is 12.1 Å². The van der Waals surface area contributed by atoms with Crippen molar-refractivity contribution in [1.82, 2.24) is 0 Å². The van der Waals surface area contributed by atoms with Crippen LogP contribution in [0, 0.1) is 5.82 Å². The van der Waals surface area contributed by atoms with E-state index in [0.29, 0.717) is 29.1 Å². The molecule has 0 radical (unpaired) electrons. The van der Waals surface area contributed by atoms with Crippen LogP contribution in [0.2, 0.25) is 0 Å². The van der Waals surface area contributed by atoms with Crippen LogP contribution >= 0.6 is 0 Å². The van der Waals surface area contributed by atoms with Crippen molar-refractivity contribution in [3.05, 3.63) is 95.3 Å². The van der Waals surface area contributed by atoms with Crippen molar-refractivity contribution in [3.63, 3.8) is 0 Å². The van der Waals surface area contributed by atoms with Crippen LogP contribution in [0.3, 0.4) is 0 Å². The van der Waals surface area contributed by atoms with Gasteiger partial charge in [-0.15, -0.1) is 0 Å². The third kappa shape index (κ3) is 3.32. The van der Waals surface area contributed by atoms with E-state index >= 15 is 0 Å². The minimum atomic E-state index is -0.387. The normalized spacial score (nSPS) is 14.5. The SMILES string of the molecule is NCc1ccc(N/C(=C2\C(=O)Nc3cc(F)ccc32)c2ccccc2)cc1. The van der Waals surface area contributed by atoms with E-state index in [1.807, 2.05) is 54.6 Å². The zero-order chi connectivity index (χ0) is 18.8. The second kappa shape index (κ2) is 7.05. The molecule has 0 fully saturated rings. The monoisotopic (exact) mass is 359 g/mol. The van der Waals surface area contributed by atoms with Gasteiger partial charge in [-0.1, -0.05) is 42.5 Å². The molecule has 0 spiro atoms. The molecule has 0 unspecified atom stereocenters. The molecule has 4 rings (SSSR count). The van der Waals surface area contributed by atoms with Crippen LogP contribution in [-0.4, -0.2) is 5.91 Å². The number of carbonyl (C=O) groups is 1. The molecule has 3 aromatic rings. The Kier molecular flexibility index (Phi) is 4.44. The predicted molar refractivity (Wildman–Crippen MR) is 106 cm³/mol. The number of hydrogen-bond donors (Lipinski definition) is 3. The molecule has 0 saturated carbocycles. The van der Waals surface area contributed by atoms with Gasteiger partial charge < -0.3 is 16.4 Å². The quantitative estimate of drug-likeness (QED) is 0.611. The molecule has 4 nitrogen and oxygen atoms in total. The van der Waals surface area contributed by atoms with Gasteiger partial charge >= 0.3 is 0 Å². The van der Waals surface area contributed by atoms with E-state index in [4.69, 9.17) is 5.73 Å². The third-order valence-corrected chi connectivity index (χ3v) is 4.50. The number of amides is 1. The minimum absolute atomic E-state index is 0.263. The van der Waals surface area contributed by atoms with Gasteiger partial charge in [-0.25, -0.2) is 4.39 Å². The molecular weight excluding hydrogens is 341 g/mol. The molecule has 0 saturated heterocycles. The summed E-state index contributed by atoms with van der Waals surface area (Å²) in [6.45, 7) is 0.467. The van der Waals surface area contributed by atoms with Gasteiger partial charge in [0, 0.05) is 17.8 Å². The molecule has 0 atom stereocenters. The van der Waals surface area contributed by atoms with Crippen LogP contribution in [-0.2, 0) is 11.3 Å². The maximum atomic E-state index is 13.6. The lowest BCUT2D eigenvalue weighted by molar-refractivity contribution is -0.110. The van der Waals surface area contributed by atoms with Crippen molar-refractivity contribution < 1.29 is 9.18 Å². The summed E-state index contributed by atoms with van der Waals surface area (Å²) in [6, 6.07) is 21.6. The van der Waals surface area contributed by atoms with Crippen LogP contribution in [0.15, 0.2) is 72.8 Å². The highest BCUT2D eigenvalue weighted by Gasteiger charge is 2.28. The lowest BCUT2D eigenvalue weighted by atomic mass is 10.00. The van der Waals surface area contributed by atoms with Gasteiger partial charge in [-0.3, -0.25) is 4.79 Å². The molecular formula is C22H18FN3O. The molecule has 1 aliphatic heterocycles. The molecule has 3 aromatic carbocycles. The van der Waals surface area contributed by atoms with Gasteiger partial charge in [0.1, 0.15) is 5.82 Å². The first-order valence-corrected chi connectivity index (χ1v) is 8.62. The van der Waals surface area contributed by atoms with Crippen molar-refractivity contribution in [2.24, 2.45) is 5.73 Å². The maximum absolute atomic E-state index is 13.6. The first kappa shape index (κ1) is 17.0. The fourth-order valence-corrected chi connectivity index (χ4v) is 3.15. The van der Waals surface area contributed by atoms with Crippen LogP contribution in [0.5, 0.6) is 0 Å². The standard InChI is InChI=1S/C22H18FN3O/c23-16-8-11-18-19(12-16)26-22(27)20(18)21(15-4-2-1-3-5-15)25-17-9-6-14(13-24)7-10-17/h1-12,25H,13,24H2,(H,26,27)/b21-20-. The highest BCUT2D eigenvalue weighted by Crippen LogP contribution is 2.37. The van der Waals surface area contributed by atoms with Crippen LogP contribution in [0.4, 0.5) is 15.8 Å². The number of hydrogen-bond acceptors (Lipinski definition) is 3. The van der Waals surface area contributed by atoms with E-state index in [-0.39, 0.29) is 11.7 Å². The largest absolute Gasteiger partial charge is 0.354 e. The highest BCUT2D eigenvalue weighted by atomic mass is 19.1. The molecule has 1 aliphatic rings. The zero-order valence-corrected chi connectivity index (χ0v) is 14.5.